The average Bonchev–Trinajstić information content (AvgIpc) is 3.22. The van der Waals surface area contributed by atoms with Gasteiger partial charge in [0.15, 0.2) is 0 Å². The fourth-order valence-electron chi connectivity index (χ4n) is 3.27. The standard InChI is InChI=1S/C18H20N2O2.C9H8S/c21-14-19-12-4-5-13-20-18(22)17-10-8-16(9-11-17)15-6-2-1-3-7-15;1-7-6-8-4-2-3-5-9(8)10-7/h1-3,6-11,14H,4-5,12-13H2,(H,19,21)(H,20,22);2-6H,1H3. The summed E-state index contributed by atoms with van der Waals surface area (Å²) in [5.74, 6) is -0.0667. The van der Waals surface area contributed by atoms with Gasteiger partial charge in [-0.25, -0.2) is 0 Å². The lowest BCUT2D eigenvalue weighted by Crippen LogP contribution is -2.25. The van der Waals surface area contributed by atoms with Gasteiger partial charge < -0.3 is 10.6 Å². The quantitative estimate of drug-likeness (QED) is 0.266. The van der Waals surface area contributed by atoms with E-state index in [4.69, 9.17) is 0 Å². The van der Waals surface area contributed by atoms with Crippen LogP contribution in [0.25, 0.3) is 21.2 Å². The molecule has 0 aliphatic rings. The van der Waals surface area contributed by atoms with Crippen LogP contribution in [-0.4, -0.2) is 25.4 Å². The summed E-state index contributed by atoms with van der Waals surface area (Å²) in [6.07, 6.45) is 2.38. The molecule has 0 radical (unpaired) electrons. The largest absolute Gasteiger partial charge is 0.359 e. The number of carbonyl (C=O) groups excluding carboxylic acids is 2. The Hall–Kier alpha value is -3.44. The van der Waals surface area contributed by atoms with E-state index in [1.165, 1.54) is 15.0 Å². The minimum Gasteiger partial charge on any atom is -0.359 e. The van der Waals surface area contributed by atoms with Crippen molar-refractivity contribution in [1.82, 2.24) is 10.6 Å². The fourth-order valence-corrected chi connectivity index (χ4v) is 4.20. The Labute approximate surface area is 193 Å². The summed E-state index contributed by atoms with van der Waals surface area (Å²) >= 11 is 1.85. The van der Waals surface area contributed by atoms with E-state index in [9.17, 15) is 9.59 Å². The van der Waals surface area contributed by atoms with E-state index in [0.717, 1.165) is 24.0 Å². The molecule has 164 valence electrons. The van der Waals surface area contributed by atoms with Gasteiger partial charge in [-0.05, 0) is 60.5 Å². The van der Waals surface area contributed by atoms with E-state index < -0.39 is 0 Å². The van der Waals surface area contributed by atoms with Crippen LogP contribution in [0.15, 0.2) is 84.9 Å². The van der Waals surface area contributed by atoms with Crippen LogP contribution in [0.2, 0.25) is 0 Å². The monoisotopic (exact) mass is 444 g/mol. The molecule has 4 rings (SSSR count). The first-order valence-electron chi connectivity index (χ1n) is 10.7. The molecule has 32 heavy (non-hydrogen) atoms. The Morgan fingerprint density at radius 1 is 0.844 bits per heavy atom. The van der Waals surface area contributed by atoms with Crippen molar-refractivity contribution in [2.75, 3.05) is 13.1 Å². The molecule has 2 amide bonds. The molecule has 4 nitrogen and oxygen atoms in total. The summed E-state index contributed by atoms with van der Waals surface area (Å²) in [6, 6.07) is 28.3. The molecule has 0 saturated carbocycles. The van der Waals surface area contributed by atoms with Crippen molar-refractivity contribution in [2.24, 2.45) is 0 Å². The SMILES string of the molecule is Cc1cc2ccccc2s1.O=CNCCCCNC(=O)c1ccc(-c2ccccc2)cc1. The van der Waals surface area contributed by atoms with Crippen molar-refractivity contribution in [2.45, 2.75) is 19.8 Å². The van der Waals surface area contributed by atoms with Gasteiger partial charge in [-0.1, -0.05) is 60.7 Å². The Morgan fingerprint density at radius 2 is 1.50 bits per heavy atom. The summed E-state index contributed by atoms with van der Waals surface area (Å²) in [4.78, 5) is 23.5. The molecule has 3 aromatic carbocycles. The van der Waals surface area contributed by atoms with Crippen LogP contribution in [-0.2, 0) is 4.79 Å². The lowest BCUT2D eigenvalue weighted by Gasteiger charge is -2.06. The normalized spacial score (nSPS) is 10.2. The van der Waals surface area contributed by atoms with Crippen molar-refractivity contribution in [1.29, 1.82) is 0 Å². The lowest BCUT2D eigenvalue weighted by molar-refractivity contribution is -0.109. The average molecular weight is 445 g/mol. The smallest absolute Gasteiger partial charge is 0.251 e. The molecule has 0 aliphatic heterocycles. The predicted molar refractivity (Wildman–Crippen MR) is 134 cm³/mol. The van der Waals surface area contributed by atoms with Crippen LogP contribution >= 0.6 is 11.3 Å². The van der Waals surface area contributed by atoms with Gasteiger partial charge in [0.2, 0.25) is 6.41 Å². The second-order valence-electron chi connectivity index (χ2n) is 7.37. The highest BCUT2D eigenvalue weighted by Crippen LogP contribution is 2.23. The van der Waals surface area contributed by atoms with E-state index in [-0.39, 0.29) is 5.91 Å². The van der Waals surface area contributed by atoms with Crippen molar-refractivity contribution >= 4 is 33.7 Å². The molecule has 2 N–H and O–H groups in total. The van der Waals surface area contributed by atoms with Crippen molar-refractivity contribution in [3.8, 4) is 11.1 Å². The van der Waals surface area contributed by atoms with Crippen molar-refractivity contribution in [3.63, 3.8) is 0 Å². The van der Waals surface area contributed by atoms with Gasteiger partial charge in [0.05, 0.1) is 0 Å². The van der Waals surface area contributed by atoms with E-state index >= 15 is 0 Å². The zero-order valence-electron chi connectivity index (χ0n) is 18.2. The maximum atomic E-state index is 12.0. The molecule has 0 bridgehead atoms. The number of hydrogen-bond acceptors (Lipinski definition) is 3. The minimum atomic E-state index is -0.0667. The van der Waals surface area contributed by atoms with Crippen molar-refractivity contribution < 1.29 is 9.59 Å². The highest BCUT2D eigenvalue weighted by atomic mass is 32.1. The molecule has 5 heteroatoms. The van der Waals surface area contributed by atoms with Crippen LogP contribution in [0.4, 0.5) is 0 Å². The topological polar surface area (TPSA) is 58.2 Å². The van der Waals surface area contributed by atoms with Gasteiger partial charge in [-0.15, -0.1) is 11.3 Å². The fraction of sp³-hybridized carbons (Fsp3) is 0.185. The predicted octanol–water partition coefficient (Wildman–Crippen LogP) is 5.82. The van der Waals surface area contributed by atoms with Crippen LogP contribution in [0, 0.1) is 6.92 Å². The van der Waals surface area contributed by atoms with E-state index in [1.54, 1.807) is 0 Å². The van der Waals surface area contributed by atoms with Crippen LogP contribution in [0.5, 0.6) is 0 Å². The van der Waals surface area contributed by atoms with Crippen LogP contribution in [0.3, 0.4) is 0 Å². The first-order valence-corrected chi connectivity index (χ1v) is 11.5. The summed E-state index contributed by atoms with van der Waals surface area (Å²) in [6.45, 7) is 3.40. The van der Waals surface area contributed by atoms with Gasteiger partial charge >= 0.3 is 0 Å². The third kappa shape index (κ3) is 7.06. The summed E-state index contributed by atoms with van der Waals surface area (Å²) in [5, 5.41) is 6.84. The minimum absolute atomic E-state index is 0.0667. The van der Waals surface area contributed by atoms with E-state index in [1.807, 2.05) is 65.9 Å². The molecule has 0 saturated heterocycles. The first-order chi connectivity index (χ1) is 15.7. The summed E-state index contributed by atoms with van der Waals surface area (Å²) in [5.41, 5.74) is 2.89. The molecule has 0 unspecified atom stereocenters. The molecule has 0 spiro atoms. The van der Waals surface area contributed by atoms with E-state index in [0.29, 0.717) is 25.1 Å². The molecule has 4 aromatic rings. The Balaban J connectivity index is 0.000000238. The molecule has 1 heterocycles. The molecular weight excluding hydrogens is 416 g/mol. The Kier molecular flexibility index (Phi) is 9.02. The van der Waals surface area contributed by atoms with Gasteiger partial charge in [-0.2, -0.15) is 0 Å². The third-order valence-electron chi connectivity index (χ3n) is 4.92. The number of hydrogen-bond donors (Lipinski definition) is 2. The number of amides is 2. The third-order valence-corrected chi connectivity index (χ3v) is 5.95. The number of benzene rings is 3. The number of unbranched alkanes of at least 4 members (excludes halogenated alkanes) is 1. The number of carbonyl (C=O) groups is 2. The summed E-state index contributed by atoms with van der Waals surface area (Å²) in [7, 11) is 0. The highest BCUT2D eigenvalue weighted by Gasteiger charge is 2.05. The number of fused-ring (bicyclic) bond motifs is 1. The number of nitrogens with one attached hydrogen (secondary N) is 2. The maximum absolute atomic E-state index is 12.0. The Bertz CT molecular complexity index is 1090. The molecular formula is C27H28N2O2S. The molecule has 1 aromatic heterocycles. The molecule has 0 aliphatic carbocycles. The second-order valence-corrected chi connectivity index (χ2v) is 8.66. The van der Waals surface area contributed by atoms with Crippen LogP contribution < -0.4 is 10.6 Å². The van der Waals surface area contributed by atoms with Gasteiger partial charge in [0, 0.05) is 28.2 Å². The first kappa shape index (κ1) is 23.2. The Morgan fingerprint density at radius 3 is 2.22 bits per heavy atom. The highest BCUT2D eigenvalue weighted by molar-refractivity contribution is 7.19. The molecule has 0 fully saturated rings. The lowest BCUT2D eigenvalue weighted by atomic mass is 10.0. The number of thiophene rings is 1. The maximum Gasteiger partial charge on any atom is 0.251 e. The van der Waals surface area contributed by atoms with Gasteiger partial charge in [0.25, 0.3) is 5.91 Å². The van der Waals surface area contributed by atoms with Crippen molar-refractivity contribution in [3.05, 3.63) is 95.4 Å². The summed E-state index contributed by atoms with van der Waals surface area (Å²) < 4.78 is 1.39. The van der Waals surface area contributed by atoms with E-state index in [2.05, 4.69) is 47.9 Å². The zero-order valence-corrected chi connectivity index (χ0v) is 19.0. The van der Waals surface area contributed by atoms with Gasteiger partial charge in [-0.3, -0.25) is 9.59 Å². The number of aryl methyl sites for hydroxylation is 1. The molecule has 0 atom stereocenters. The van der Waals surface area contributed by atoms with Crippen LogP contribution in [0.1, 0.15) is 28.1 Å². The van der Waals surface area contributed by atoms with Gasteiger partial charge in [0.1, 0.15) is 0 Å². The second kappa shape index (κ2) is 12.4. The zero-order chi connectivity index (χ0) is 22.6. The number of rotatable bonds is 8.